The van der Waals surface area contributed by atoms with Crippen molar-refractivity contribution in [1.29, 1.82) is 0 Å². The monoisotopic (exact) mass is 344 g/mol. The molecule has 3 amide bonds. The molecular weight excluding hydrogens is 316 g/mol. The Hall–Kier alpha value is -2.08. The summed E-state index contributed by atoms with van der Waals surface area (Å²) in [6.07, 6.45) is 2.29. The Bertz CT molecular complexity index is 657. The van der Waals surface area contributed by atoms with E-state index >= 15 is 0 Å². The lowest BCUT2D eigenvalue weighted by Crippen LogP contribution is -2.39. The summed E-state index contributed by atoms with van der Waals surface area (Å²) in [4.78, 5) is 30.4. The minimum absolute atomic E-state index is 0.0325. The molecule has 0 radical (unpaired) electrons. The molecule has 1 aromatic carbocycles. The second-order valence-electron chi connectivity index (χ2n) is 6.84. The van der Waals surface area contributed by atoms with Crippen LogP contribution < -0.4 is 10.2 Å². The summed E-state index contributed by atoms with van der Waals surface area (Å²) in [6, 6.07) is 6.22. The van der Waals surface area contributed by atoms with Crippen molar-refractivity contribution in [3.63, 3.8) is 0 Å². The predicted octanol–water partition coefficient (Wildman–Crippen LogP) is 2.54. The molecule has 0 aromatic heterocycles. The van der Waals surface area contributed by atoms with Crippen LogP contribution in [0.5, 0.6) is 0 Å². The molecule has 0 saturated carbocycles. The fraction of sp³-hybridized carbons (Fsp3) is 0.579. The smallest absolute Gasteiger partial charge is 0.321 e. The van der Waals surface area contributed by atoms with E-state index in [1.165, 1.54) is 0 Å². The molecule has 25 heavy (non-hydrogen) atoms. The Balaban J connectivity index is 1.63. The van der Waals surface area contributed by atoms with Crippen molar-refractivity contribution in [2.24, 2.45) is 0 Å². The first-order chi connectivity index (χ1) is 12.0. The molecule has 1 unspecified atom stereocenters. The molecule has 6 nitrogen and oxygen atoms in total. The average Bonchev–Trinajstić information content (AvgIpc) is 3.09. The molecule has 136 valence electrons. The van der Waals surface area contributed by atoms with Crippen molar-refractivity contribution in [3.8, 4) is 0 Å². The molecule has 6 heteroatoms. The summed E-state index contributed by atoms with van der Waals surface area (Å²) < 4.78 is 0. The van der Waals surface area contributed by atoms with E-state index in [4.69, 9.17) is 0 Å². The maximum atomic E-state index is 12.6. The fourth-order valence-electron chi connectivity index (χ4n) is 3.90. The van der Waals surface area contributed by atoms with E-state index in [9.17, 15) is 9.59 Å². The number of rotatable bonds is 4. The molecule has 0 bridgehead atoms. The second-order valence-corrected chi connectivity index (χ2v) is 6.84. The van der Waals surface area contributed by atoms with Crippen LogP contribution in [0.15, 0.2) is 18.2 Å². The molecule has 1 fully saturated rings. The van der Waals surface area contributed by atoms with Gasteiger partial charge in [-0.05, 0) is 49.7 Å². The van der Waals surface area contributed by atoms with Crippen LogP contribution in [0, 0.1) is 0 Å². The SMILES string of the molecule is CCN(CC)C1CCN(C(=O)Nc2ccc3c(c2)CCC(=O)N3C)C1. The van der Waals surface area contributed by atoms with E-state index in [1.54, 1.807) is 11.9 Å². The van der Waals surface area contributed by atoms with Gasteiger partial charge in [-0.1, -0.05) is 13.8 Å². The fourth-order valence-corrected chi connectivity index (χ4v) is 3.90. The summed E-state index contributed by atoms with van der Waals surface area (Å²) in [5, 5.41) is 3.02. The van der Waals surface area contributed by atoms with Crippen molar-refractivity contribution >= 4 is 23.3 Å². The van der Waals surface area contributed by atoms with Gasteiger partial charge in [0, 0.05) is 44.0 Å². The van der Waals surface area contributed by atoms with Crippen molar-refractivity contribution in [2.45, 2.75) is 39.2 Å². The first kappa shape index (κ1) is 17.7. The van der Waals surface area contributed by atoms with Crippen LogP contribution in [0.4, 0.5) is 16.2 Å². The molecule has 1 saturated heterocycles. The van der Waals surface area contributed by atoms with Gasteiger partial charge in [0.05, 0.1) is 0 Å². The zero-order valence-corrected chi connectivity index (χ0v) is 15.4. The summed E-state index contributed by atoms with van der Waals surface area (Å²) in [5.41, 5.74) is 2.86. The number of nitrogens with one attached hydrogen (secondary N) is 1. The molecule has 2 heterocycles. The van der Waals surface area contributed by atoms with Gasteiger partial charge < -0.3 is 15.1 Å². The van der Waals surface area contributed by atoms with E-state index in [0.29, 0.717) is 12.5 Å². The first-order valence-electron chi connectivity index (χ1n) is 9.23. The Morgan fingerprint density at radius 2 is 2.04 bits per heavy atom. The number of fused-ring (bicyclic) bond motifs is 1. The normalized spacial score (nSPS) is 20.2. The van der Waals surface area contributed by atoms with Crippen LogP contribution in [0.3, 0.4) is 0 Å². The number of benzene rings is 1. The van der Waals surface area contributed by atoms with Gasteiger partial charge in [0.1, 0.15) is 0 Å². The minimum Gasteiger partial charge on any atom is -0.323 e. The van der Waals surface area contributed by atoms with Gasteiger partial charge in [0.2, 0.25) is 5.91 Å². The van der Waals surface area contributed by atoms with Crippen molar-refractivity contribution in [2.75, 3.05) is 43.4 Å². The largest absolute Gasteiger partial charge is 0.323 e. The molecule has 1 N–H and O–H groups in total. The Kier molecular flexibility index (Phi) is 5.27. The van der Waals surface area contributed by atoms with Crippen LogP contribution in [0.2, 0.25) is 0 Å². The molecule has 0 aliphatic carbocycles. The summed E-state index contributed by atoms with van der Waals surface area (Å²) in [7, 11) is 1.80. The highest BCUT2D eigenvalue weighted by molar-refractivity contribution is 5.97. The summed E-state index contributed by atoms with van der Waals surface area (Å²) in [6.45, 7) is 7.97. The number of carbonyl (C=O) groups excluding carboxylic acids is 2. The van der Waals surface area contributed by atoms with Gasteiger partial charge in [-0.25, -0.2) is 4.79 Å². The maximum absolute atomic E-state index is 12.6. The van der Waals surface area contributed by atoms with E-state index in [2.05, 4.69) is 24.1 Å². The Morgan fingerprint density at radius 1 is 1.28 bits per heavy atom. The number of nitrogens with zero attached hydrogens (tertiary/aromatic N) is 3. The van der Waals surface area contributed by atoms with Crippen LogP contribution in [-0.4, -0.2) is 61.0 Å². The van der Waals surface area contributed by atoms with Gasteiger partial charge in [0.15, 0.2) is 0 Å². The summed E-state index contributed by atoms with van der Waals surface area (Å²) in [5.74, 6) is 0.142. The Morgan fingerprint density at radius 3 is 2.76 bits per heavy atom. The van der Waals surface area contributed by atoms with E-state index in [0.717, 1.165) is 56.0 Å². The highest BCUT2D eigenvalue weighted by Crippen LogP contribution is 2.29. The van der Waals surface area contributed by atoms with Crippen molar-refractivity contribution in [3.05, 3.63) is 23.8 Å². The van der Waals surface area contributed by atoms with Gasteiger partial charge in [0.25, 0.3) is 0 Å². The quantitative estimate of drug-likeness (QED) is 0.913. The van der Waals surface area contributed by atoms with Crippen LogP contribution >= 0.6 is 0 Å². The van der Waals surface area contributed by atoms with E-state index in [-0.39, 0.29) is 11.9 Å². The van der Waals surface area contributed by atoms with E-state index < -0.39 is 0 Å². The van der Waals surface area contributed by atoms with Crippen LogP contribution in [-0.2, 0) is 11.2 Å². The van der Waals surface area contributed by atoms with Crippen LogP contribution in [0.1, 0.15) is 32.3 Å². The highest BCUT2D eigenvalue weighted by Gasteiger charge is 2.29. The van der Waals surface area contributed by atoms with Gasteiger partial charge in [-0.3, -0.25) is 9.69 Å². The average molecular weight is 344 g/mol. The minimum atomic E-state index is -0.0325. The third-order valence-electron chi connectivity index (χ3n) is 5.45. The number of anilines is 2. The molecule has 0 spiro atoms. The van der Waals surface area contributed by atoms with Crippen molar-refractivity contribution < 1.29 is 9.59 Å². The lowest BCUT2D eigenvalue weighted by Gasteiger charge is -2.27. The number of likely N-dealkylation sites (N-methyl/N-ethyl adjacent to an activating group) is 1. The van der Waals surface area contributed by atoms with Gasteiger partial charge in [-0.2, -0.15) is 0 Å². The Labute approximate surface area is 149 Å². The highest BCUT2D eigenvalue weighted by atomic mass is 16.2. The summed E-state index contributed by atoms with van der Waals surface area (Å²) >= 11 is 0. The molecule has 3 rings (SSSR count). The third kappa shape index (κ3) is 3.63. The number of hydrogen-bond acceptors (Lipinski definition) is 3. The number of amides is 3. The van der Waals surface area contributed by atoms with Crippen molar-refractivity contribution in [1.82, 2.24) is 9.80 Å². The number of carbonyl (C=O) groups is 2. The maximum Gasteiger partial charge on any atom is 0.321 e. The third-order valence-corrected chi connectivity index (χ3v) is 5.45. The molecule has 2 aliphatic rings. The van der Waals surface area contributed by atoms with E-state index in [1.807, 2.05) is 23.1 Å². The topological polar surface area (TPSA) is 55.9 Å². The molecule has 2 aliphatic heterocycles. The molecule has 1 aromatic rings. The predicted molar refractivity (Wildman–Crippen MR) is 100 cm³/mol. The first-order valence-corrected chi connectivity index (χ1v) is 9.23. The number of hydrogen-bond donors (Lipinski definition) is 1. The number of urea groups is 1. The lowest BCUT2D eigenvalue weighted by molar-refractivity contribution is -0.118. The zero-order chi connectivity index (χ0) is 18.0. The molecular formula is C19H28N4O2. The lowest BCUT2D eigenvalue weighted by atomic mass is 10.0. The van der Waals surface area contributed by atoms with Gasteiger partial charge >= 0.3 is 6.03 Å². The van der Waals surface area contributed by atoms with Crippen LogP contribution in [0.25, 0.3) is 0 Å². The number of likely N-dealkylation sites (tertiary alicyclic amines) is 1. The second kappa shape index (κ2) is 7.44. The van der Waals surface area contributed by atoms with Gasteiger partial charge in [-0.15, -0.1) is 0 Å². The molecule has 1 atom stereocenters. The standard InChI is InChI=1S/C19H28N4O2/c1-4-22(5-2)16-10-11-23(13-16)19(25)20-15-7-8-17-14(12-15)6-9-18(24)21(17)3/h7-8,12,16H,4-6,9-11,13H2,1-3H3,(H,20,25). The number of aryl methyl sites for hydroxylation is 1. The zero-order valence-electron chi connectivity index (χ0n) is 15.4.